The summed E-state index contributed by atoms with van der Waals surface area (Å²) < 4.78 is 7.12. The fourth-order valence-electron chi connectivity index (χ4n) is 1.89. The van der Waals surface area contributed by atoms with Gasteiger partial charge in [-0.1, -0.05) is 12.8 Å². The molecule has 1 aromatic rings. The van der Waals surface area contributed by atoms with E-state index >= 15 is 0 Å². The van der Waals surface area contributed by atoms with E-state index in [9.17, 15) is 4.79 Å². The summed E-state index contributed by atoms with van der Waals surface area (Å²) in [6.07, 6.45) is 5.34. The average Bonchev–Trinajstić information content (AvgIpc) is 2.99. The van der Waals surface area contributed by atoms with Gasteiger partial charge in [-0.2, -0.15) is 0 Å². The van der Waals surface area contributed by atoms with Gasteiger partial charge < -0.3 is 15.0 Å². The molecule has 4 nitrogen and oxygen atoms in total. The second-order valence-electron chi connectivity index (χ2n) is 5.03. The highest BCUT2D eigenvalue weighted by Gasteiger charge is 2.22. The molecule has 1 aromatic heterocycles. The molecule has 0 radical (unpaired) electrons. The number of anilines is 1. The van der Waals surface area contributed by atoms with Crippen LogP contribution in [0.3, 0.4) is 0 Å². The van der Waals surface area contributed by atoms with E-state index in [-0.39, 0.29) is 12.0 Å². The van der Waals surface area contributed by atoms with Crippen LogP contribution in [0.25, 0.3) is 0 Å². The standard InChI is InChI=1S/C13H20N2O2/c1-9(2)15-8-11(14)7-12(15)13(16)17-6-5-10-3-4-10/h7-10H,3-6,14H2,1-2H3. The van der Waals surface area contributed by atoms with Gasteiger partial charge in [0.2, 0.25) is 0 Å². The minimum absolute atomic E-state index is 0.207. The molecule has 2 rings (SSSR count). The number of nitrogen functional groups attached to an aromatic ring is 1. The van der Waals surface area contributed by atoms with Crippen LogP contribution in [-0.2, 0) is 4.74 Å². The van der Waals surface area contributed by atoms with Gasteiger partial charge in [-0.05, 0) is 32.3 Å². The molecule has 0 bridgehead atoms. The first-order valence-electron chi connectivity index (χ1n) is 6.22. The summed E-state index contributed by atoms with van der Waals surface area (Å²) in [6, 6.07) is 1.89. The molecule has 1 fully saturated rings. The Bertz CT molecular complexity index is 406. The zero-order valence-corrected chi connectivity index (χ0v) is 10.5. The maximum Gasteiger partial charge on any atom is 0.355 e. The van der Waals surface area contributed by atoms with Crippen LogP contribution < -0.4 is 5.73 Å². The fourth-order valence-corrected chi connectivity index (χ4v) is 1.89. The quantitative estimate of drug-likeness (QED) is 0.799. The third kappa shape index (κ3) is 3.02. The first kappa shape index (κ1) is 12.0. The summed E-state index contributed by atoms with van der Waals surface area (Å²) >= 11 is 0. The molecule has 0 amide bonds. The van der Waals surface area contributed by atoms with Crippen molar-refractivity contribution in [2.24, 2.45) is 5.92 Å². The number of nitrogens with two attached hydrogens (primary N) is 1. The molecule has 0 spiro atoms. The van der Waals surface area contributed by atoms with E-state index < -0.39 is 0 Å². The van der Waals surface area contributed by atoms with Crippen LogP contribution in [0.2, 0.25) is 0 Å². The molecule has 94 valence electrons. The van der Waals surface area contributed by atoms with Crippen LogP contribution in [0.15, 0.2) is 12.3 Å². The predicted octanol–water partition coefficient (Wildman–Crippen LogP) is 2.61. The molecule has 1 aliphatic carbocycles. The number of carbonyl (C=O) groups is 1. The Morgan fingerprint density at radius 1 is 1.59 bits per heavy atom. The minimum Gasteiger partial charge on any atom is -0.461 e. The Kier molecular flexibility index (Phi) is 3.41. The second-order valence-corrected chi connectivity index (χ2v) is 5.03. The molecule has 2 N–H and O–H groups in total. The van der Waals surface area contributed by atoms with Crippen molar-refractivity contribution in [2.45, 2.75) is 39.2 Å². The predicted molar refractivity (Wildman–Crippen MR) is 66.9 cm³/mol. The molecule has 1 aliphatic rings. The lowest BCUT2D eigenvalue weighted by Crippen LogP contribution is -2.14. The maximum atomic E-state index is 11.9. The van der Waals surface area contributed by atoms with Gasteiger partial charge in [-0.15, -0.1) is 0 Å². The van der Waals surface area contributed by atoms with Crippen molar-refractivity contribution in [3.8, 4) is 0 Å². The van der Waals surface area contributed by atoms with Crippen LogP contribution >= 0.6 is 0 Å². The highest BCUT2D eigenvalue weighted by molar-refractivity contribution is 5.89. The van der Waals surface area contributed by atoms with Crippen LogP contribution in [0, 0.1) is 5.92 Å². The zero-order chi connectivity index (χ0) is 12.4. The Hall–Kier alpha value is -1.45. The summed E-state index contributed by atoms with van der Waals surface area (Å²) in [6.45, 7) is 4.55. The number of hydrogen-bond acceptors (Lipinski definition) is 3. The van der Waals surface area contributed by atoms with Gasteiger partial charge in [-0.3, -0.25) is 0 Å². The van der Waals surface area contributed by atoms with Gasteiger partial charge in [0.1, 0.15) is 5.69 Å². The third-order valence-electron chi connectivity index (χ3n) is 3.09. The second kappa shape index (κ2) is 4.82. The largest absolute Gasteiger partial charge is 0.461 e. The first-order chi connectivity index (χ1) is 8.08. The zero-order valence-electron chi connectivity index (χ0n) is 10.5. The van der Waals surface area contributed by atoms with E-state index in [1.54, 1.807) is 12.3 Å². The Morgan fingerprint density at radius 3 is 2.88 bits per heavy atom. The maximum absolute atomic E-state index is 11.9. The van der Waals surface area contributed by atoms with Crippen molar-refractivity contribution < 1.29 is 9.53 Å². The van der Waals surface area contributed by atoms with Crippen LogP contribution in [0.5, 0.6) is 0 Å². The molecule has 1 heterocycles. The third-order valence-corrected chi connectivity index (χ3v) is 3.09. The van der Waals surface area contributed by atoms with Gasteiger partial charge in [0, 0.05) is 12.2 Å². The number of nitrogens with zero attached hydrogens (tertiary/aromatic N) is 1. The Labute approximate surface area is 102 Å². The van der Waals surface area contributed by atoms with Crippen molar-refractivity contribution in [3.63, 3.8) is 0 Å². The monoisotopic (exact) mass is 236 g/mol. The van der Waals surface area contributed by atoms with Gasteiger partial charge >= 0.3 is 5.97 Å². The topological polar surface area (TPSA) is 57.2 Å². The number of ether oxygens (including phenoxy) is 1. The van der Waals surface area contributed by atoms with Gasteiger partial charge in [0.05, 0.1) is 12.3 Å². The molecule has 0 aromatic carbocycles. The number of esters is 1. The van der Waals surface area contributed by atoms with Gasteiger partial charge in [0.15, 0.2) is 0 Å². The molecule has 4 heteroatoms. The molecular weight excluding hydrogens is 216 g/mol. The normalized spacial score (nSPS) is 15.2. The lowest BCUT2D eigenvalue weighted by molar-refractivity contribution is 0.0480. The number of carbonyl (C=O) groups excluding carboxylic acids is 1. The van der Waals surface area contributed by atoms with Gasteiger partial charge in [-0.25, -0.2) is 4.79 Å². The van der Waals surface area contributed by atoms with Crippen LogP contribution in [0.1, 0.15) is 49.6 Å². The SMILES string of the molecule is CC(C)n1cc(N)cc1C(=O)OCCC1CC1. The van der Waals surface area contributed by atoms with E-state index in [4.69, 9.17) is 10.5 Å². The number of aromatic nitrogens is 1. The smallest absolute Gasteiger partial charge is 0.355 e. The molecule has 0 saturated heterocycles. The molecule has 17 heavy (non-hydrogen) atoms. The summed E-state index contributed by atoms with van der Waals surface area (Å²) in [7, 11) is 0. The molecule has 0 aliphatic heterocycles. The van der Waals surface area contributed by atoms with Crippen molar-refractivity contribution in [1.82, 2.24) is 4.57 Å². The van der Waals surface area contributed by atoms with Crippen molar-refractivity contribution >= 4 is 11.7 Å². The Morgan fingerprint density at radius 2 is 2.29 bits per heavy atom. The van der Waals surface area contributed by atoms with Crippen molar-refractivity contribution in [3.05, 3.63) is 18.0 Å². The summed E-state index contributed by atoms with van der Waals surface area (Å²) in [5.74, 6) is 0.515. The van der Waals surface area contributed by atoms with E-state index in [1.165, 1.54) is 12.8 Å². The highest BCUT2D eigenvalue weighted by atomic mass is 16.5. The van der Waals surface area contributed by atoms with E-state index in [0.29, 0.717) is 18.0 Å². The number of rotatable bonds is 5. The summed E-state index contributed by atoms with van der Waals surface area (Å²) in [4.78, 5) is 11.9. The highest BCUT2D eigenvalue weighted by Crippen LogP contribution is 2.32. The van der Waals surface area contributed by atoms with E-state index in [1.807, 2.05) is 18.4 Å². The fraction of sp³-hybridized carbons (Fsp3) is 0.615. The van der Waals surface area contributed by atoms with Crippen molar-refractivity contribution in [1.29, 1.82) is 0 Å². The number of hydrogen-bond donors (Lipinski definition) is 1. The summed E-state index contributed by atoms with van der Waals surface area (Å²) in [5.41, 5.74) is 6.87. The molecular formula is C13H20N2O2. The van der Waals surface area contributed by atoms with Gasteiger partial charge in [0.25, 0.3) is 0 Å². The van der Waals surface area contributed by atoms with Crippen molar-refractivity contribution in [2.75, 3.05) is 12.3 Å². The average molecular weight is 236 g/mol. The molecule has 0 atom stereocenters. The molecule has 0 unspecified atom stereocenters. The Balaban J connectivity index is 1.96. The van der Waals surface area contributed by atoms with E-state index in [0.717, 1.165) is 12.3 Å². The minimum atomic E-state index is -0.268. The lowest BCUT2D eigenvalue weighted by atomic mass is 10.3. The molecule has 1 saturated carbocycles. The van der Waals surface area contributed by atoms with Crippen LogP contribution in [-0.4, -0.2) is 17.1 Å². The van der Waals surface area contributed by atoms with E-state index in [2.05, 4.69) is 0 Å². The van der Waals surface area contributed by atoms with Crippen LogP contribution in [0.4, 0.5) is 5.69 Å². The summed E-state index contributed by atoms with van der Waals surface area (Å²) in [5, 5.41) is 0. The lowest BCUT2D eigenvalue weighted by Gasteiger charge is -2.11. The first-order valence-corrected chi connectivity index (χ1v) is 6.22.